The Morgan fingerprint density at radius 1 is 1.21 bits per heavy atom. The number of alkyl halides is 2. The molecule has 0 spiro atoms. The summed E-state index contributed by atoms with van der Waals surface area (Å²) in [7, 11) is 0. The Hall–Kier alpha value is -1.00. The Morgan fingerprint density at radius 3 is 2.47 bits per heavy atom. The quantitative estimate of drug-likeness (QED) is 0.853. The smallest absolute Gasteiger partial charge is 0.285 e. The second-order valence-electron chi connectivity index (χ2n) is 5.29. The summed E-state index contributed by atoms with van der Waals surface area (Å²) in [6.45, 7) is 4.60. The van der Waals surface area contributed by atoms with Crippen molar-refractivity contribution in [3.63, 3.8) is 0 Å². The summed E-state index contributed by atoms with van der Waals surface area (Å²) in [5, 5.41) is 2.91. The molecule has 0 bridgehead atoms. The molecular formula is C15H22F2N2. The molecule has 1 fully saturated rings. The largest absolute Gasteiger partial charge is 0.309 e. The van der Waals surface area contributed by atoms with Crippen LogP contribution in [0.25, 0.3) is 0 Å². The Kier molecular flexibility index (Phi) is 4.88. The van der Waals surface area contributed by atoms with Gasteiger partial charge in [0.15, 0.2) is 0 Å². The zero-order chi connectivity index (χ0) is 13.7. The minimum Gasteiger partial charge on any atom is -0.309 e. The van der Waals surface area contributed by atoms with Gasteiger partial charge < -0.3 is 5.32 Å². The molecule has 0 amide bonds. The summed E-state index contributed by atoms with van der Waals surface area (Å²) >= 11 is 0. The van der Waals surface area contributed by atoms with E-state index in [-0.39, 0.29) is 12.1 Å². The lowest BCUT2D eigenvalue weighted by Crippen LogP contribution is -2.41. The zero-order valence-electron chi connectivity index (χ0n) is 11.4. The van der Waals surface area contributed by atoms with Crippen molar-refractivity contribution in [2.75, 3.05) is 26.2 Å². The molecule has 0 radical (unpaired) electrons. The summed E-state index contributed by atoms with van der Waals surface area (Å²) in [5.74, 6) is -2.80. The van der Waals surface area contributed by atoms with E-state index in [2.05, 4.69) is 17.1 Å². The monoisotopic (exact) mass is 268 g/mol. The van der Waals surface area contributed by atoms with Crippen LogP contribution in [-0.4, -0.2) is 37.1 Å². The van der Waals surface area contributed by atoms with Crippen LogP contribution < -0.4 is 5.32 Å². The van der Waals surface area contributed by atoms with E-state index < -0.39 is 5.92 Å². The highest BCUT2D eigenvalue weighted by molar-refractivity contribution is 5.20. The average molecular weight is 268 g/mol. The van der Waals surface area contributed by atoms with Crippen molar-refractivity contribution in [2.45, 2.75) is 31.7 Å². The lowest BCUT2D eigenvalue weighted by atomic mass is 10.1. The second kappa shape index (κ2) is 6.44. The summed E-state index contributed by atoms with van der Waals surface area (Å²) in [4.78, 5) is 2.35. The summed E-state index contributed by atoms with van der Waals surface area (Å²) in [6, 6.07) is 8.33. The summed E-state index contributed by atoms with van der Waals surface area (Å²) < 4.78 is 27.8. The molecule has 0 aromatic heterocycles. The van der Waals surface area contributed by atoms with E-state index in [1.807, 2.05) is 0 Å². The van der Waals surface area contributed by atoms with Gasteiger partial charge in [0.25, 0.3) is 5.92 Å². The lowest BCUT2D eigenvalue weighted by molar-refractivity contribution is -0.00418. The van der Waals surface area contributed by atoms with Gasteiger partial charge in [-0.15, -0.1) is 0 Å². The van der Waals surface area contributed by atoms with Crippen LogP contribution in [0.1, 0.15) is 25.3 Å². The van der Waals surface area contributed by atoms with Crippen LogP contribution in [0.2, 0.25) is 0 Å². The van der Waals surface area contributed by atoms with Crippen LogP contribution in [-0.2, 0) is 5.92 Å². The van der Waals surface area contributed by atoms with E-state index in [1.54, 1.807) is 18.2 Å². The van der Waals surface area contributed by atoms with Crippen molar-refractivity contribution >= 4 is 0 Å². The van der Waals surface area contributed by atoms with Gasteiger partial charge in [-0.1, -0.05) is 30.3 Å². The van der Waals surface area contributed by atoms with Crippen molar-refractivity contribution in [1.29, 1.82) is 0 Å². The van der Waals surface area contributed by atoms with Gasteiger partial charge in [0, 0.05) is 18.2 Å². The molecule has 1 heterocycles. The number of rotatable bonds is 6. The van der Waals surface area contributed by atoms with Gasteiger partial charge in [0.05, 0.1) is 6.54 Å². The first-order chi connectivity index (χ1) is 9.09. The van der Waals surface area contributed by atoms with Crippen molar-refractivity contribution in [1.82, 2.24) is 10.2 Å². The normalized spacial score (nSPS) is 18.7. The topological polar surface area (TPSA) is 15.3 Å². The van der Waals surface area contributed by atoms with Crippen molar-refractivity contribution in [2.24, 2.45) is 0 Å². The summed E-state index contributed by atoms with van der Waals surface area (Å²) in [6.07, 6.45) is 2.45. The SMILES string of the molecule is CC(CNCC(F)(F)c1ccccc1)N1CCCC1. The Morgan fingerprint density at radius 2 is 1.84 bits per heavy atom. The summed E-state index contributed by atoms with van der Waals surface area (Å²) in [5.41, 5.74) is 0.0799. The molecule has 2 nitrogen and oxygen atoms in total. The van der Waals surface area contributed by atoms with Gasteiger partial charge in [-0.2, -0.15) is 8.78 Å². The highest BCUT2D eigenvalue weighted by Gasteiger charge is 2.31. The minimum atomic E-state index is -2.80. The van der Waals surface area contributed by atoms with Crippen LogP contribution in [0.5, 0.6) is 0 Å². The zero-order valence-corrected chi connectivity index (χ0v) is 11.4. The highest BCUT2D eigenvalue weighted by Crippen LogP contribution is 2.26. The first kappa shape index (κ1) is 14.4. The second-order valence-corrected chi connectivity index (χ2v) is 5.29. The number of benzene rings is 1. The molecule has 1 atom stereocenters. The van der Waals surface area contributed by atoms with E-state index in [0.717, 1.165) is 13.1 Å². The molecule has 2 rings (SSSR count). The Bertz CT molecular complexity index is 375. The van der Waals surface area contributed by atoms with Gasteiger partial charge in [-0.25, -0.2) is 0 Å². The average Bonchev–Trinajstić information content (AvgIpc) is 2.93. The molecule has 1 saturated heterocycles. The van der Waals surface area contributed by atoms with Crippen LogP contribution in [0.3, 0.4) is 0 Å². The van der Waals surface area contributed by atoms with Gasteiger partial charge in [-0.3, -0.25) is 4.90 Å². The number of hydrogen-bond acceptors (Lipinski definition) is 2. The molecule has 1 unspecified atom stereocenters. The first-order valence-corrected chi connectivity index (χ1v) is 6.98. The molecule has 0 aliphatic carbocycles. The van der Waals surface area contributed by atoms with E-state index in [1.165, 1.54) is 25.0 Å². The van der Waals surface area contributed by atoms with Crippen LogP contribution >= 0.6 is 0 Å². The number of nitrogens with zero attached hydrogens (tertiary/aromatic N) is 1. The van der Waals surface area contributed by atoms with E-state index >= 15 is 0 Å². The van der Waals surface area contributed by atoms with Gasteiger partial charge in [0.2, 0.25) is 0 Å². The Labute approximate surface area is 113 Å². The fourth-order valence-electron chi connectivity index (χ4n) is 2.53. The number of halogens is 2. The van der Waals surface area contributed by atoms with Crippen molar-refractivity contribution in [3.05, 3.63) is 35.9 Å². The fourth-order valence-corrected chi connectivity index (χ4v) is 2.53. The molecule has 1 aliphatic heterocycles. The van der Waals surface area contributed by atoms with Gasteiger partial charge >= 0.3 is 0 Å². The molecule has 1 aromatic rings. The maximum Gasteiger partial charge on any atom is 0.285 e. The first-order valence-electron chi connectivity index (χ1n) is 6.98. The van der Waals surface area contributed by atoms with Crippen LogP contribution in [0.15, 0.2) is 30.3 Å². The fraction of sp³-hybridized carbons (Fsp3) is 0.600. The van der Waals surface area contributed by atoms with Crippen molar-refractivity contribution in [3.8, 4) is 0 Å². The third kappa shape index (κ3) is 3.98. The molecule has 1 N–H and O–H groups in total. The molecule has 19 heavy (non-hydrogen) atoms. The van der Waals surface area contributed by atoms with E-state index in [9.17, 15) is 8.78 Å². The maximum absolute atomic E-state index is 13.9. The molecule has 106 valence electrons. The molecule has 1 aromatic carbocycles. The lowest BCUT2D eigenvalue weighted by Gasteiger charge is -2.25. The third-order valence-corrected chi connectivity index (χ3v) is 3.75. The van der Waals surface area contributed by atoms with E-state index in [0.29, 0.717) is 12.6 Å². The highest BCUT2D eigenvalue weighted by atomic mass is 19.3. The van der Waals surface area contributed by atoms with Crippen molar-refractivity contribution < 1.29 is 8.78 Å². The van der Waals surface area contributed by atoms with Crippen LogP contribution in [0, 0.1) is 0 Å². The number of hydrogen-bond donors (Lipinski definition) is 1. The van der Waals surface area contributed by atoms with Gasteiger partial charge in [-0.05, 0) is 32.9 Å². The Balaban J connectivity index is 1.78. The van der Waals surface area contributed by atoms with Crippen LogP contribution in [0.4, 0.5) is 8.78 Å². The predicted octanol–water partition coefficient (Wildman–Crippen LogP) is 2.85. The number of likely N-dealkylation sites (tertiary alicyclic amines) is 1. The molecule has 0 saturated carbocycles. The molecule has 1 aliphatic rings. The third-order valence-electron chi connectivity index (χ3n) is 3.75. The molecular weight excluding hydrogens is 246 g/mol. The predicted molar refractivity (Wildman–Crippen MR) is 73.5 cm³/mol. The minimum absolute atomic E-state index is 0.0799. The number of nitrogens with one attached hydrogen (secondary N) is 1. The molecule has 4 heteroatoms. The van der Waals surface area contributed by atoms with E-state index in [4.69, 9.17) is 0 Å². The van der Waals surface area contributed by atoms with Gasteiger partial charge in [0.1, 0.15) is 0 Å². The standard InChI is InChI=1S/C15H22F2N2/c1-13(19-9-5-6-10-19)11-18-12-15(16,17)14-7-3-2-4-8-14/h2-4,7-8,13,18H,5-6,9-12H2,1H3. The maximum atomic E-state index is 13.9.